The molecule has 10 heteroatoms. The lowest BCUT2D eigenvalue weighted by Crippen LogP contribution is -2.59. The van der Waals surface area contributed by atoms with Crippen molar-refractivity contribution in [2.75, 3.05) is 27.2 Å². The van der Waals surface area contributed by atoms with Gasteiger partial charge in [0.05, 0.1) is 29.8 Å². The molecule has 2 aromatic carbocycles. The third-order valence-corrected chi connectivity index (χ3v) is 10.8. The molecule has 2 fully saturated rings. The average molecular weight is 733 g/mol. The molecule has 268 valence electrons. The minimum Gasteiger partial charge on any atom is -0.392 e. The van der Waals surface area contributed by atoms with E-state index in [1.165, 1.54) is 5.56 Å². The van der Waals surface area contributed by atoms with Gasteiger partial charge in [0.2, 0.25) is 5.91 Å². The Bertz CT molecular complexity index is 1280. The maximum Gasteiger partial charge on any atom is 0.225 e. The molecule has 0 radical (unpaired) electrons. The van der Waals surface area contributed by atoms with Gasteiger partial charge in [-0.25, -0.2) is 0 Å². The number of carbonyl (C=O) groups excluding carboxylic acids is 1. The van der Waals surface area contributed by atoms with E-state index < -0.39 is 42.0 Å². The highest BCUT2D eigenvalue weighted by atomic mass is 79.9. The van der Waals surface area contributed by atoms with Gasteiger partial charge in [-0.05, 0) is 82.8 Å². The Labute approximate surface area is 296 Å². The number of likely N-dealkylation sites (N-methyl/N-ethyl adjacent to an activating group) is 1. The Morgan fingerprint density at radius 1 is 1.02 bits per heavy atom. The lowest BCUT2D eigenvalue weighted by molar-refractivity contribution is -0.299. The van der Waals surface area contributed by atoms with Crippen LogP contribution in [0.5, 0.6) is 0 Å². The minimum absolute atomic E-state index is 0.0547. The molecule has 48 heavy (non-hydrogen) atoms. The molecule has 0 saturated carbocycles. The summed E-state index contributed by atoms with van der Waals surface area (Å²) in [6.07, 6.45) is -1.75. The van der Waals surface area contributed by atoms with Crippen molar-refractivity contribution >= 4 is 21.8 Å². The molecular formula is C38H58BrN3O6. The molecule has 0 bridgehead atoms. The van der Waals surface area contributed by atoms with Crippen LogP contribution in [0.15, 0.2) is 59.1 Å². The van der Waals surface area contributed by atoms with Gasteiger partial charge >= 0.3 is 0 Å². The van der Waals surface area contributed by atoms with Crippen LogP contribution >= 0.6 is 15.9 Å². The topological polar surface area (TPSA) is 115 Å². The van der Waals surface area contributed by atoms with Crippen molar-refractivity contribution in [3.05, 3.63) is 70.2 Å². The maximum atomic E-state index is 13.8. The molecular weight excluding hydrogens is 674 g/mol. The molecule has 9 nitrogen and oxygen atoms in total. The molecule has 1 amide bonds. The number of amides is 1. The van der Waals surface area contributed by atoms with Gasteiger partial charge < -0.3 is 35.0 Å². The van der Waals surface area contributed by atoms with E-state index >= 15 is 0 Å². The van der Waals surface area contributed by atoms with Crippen molar-refractivity contribution in [2.24, 2.45) is 17.8 Å². The minimum atomic E-state index is -1.41. The number of aliphatic hydroxyl groups excluding tert-OH is 2. The van der Waals surface area contributed by atoms with Crippen molar-refractivity contribution in [3.8, 4) is 0 Å². The summed E-state index contributed by atoms with van der Waals surface area (Å²) in [5.41, 5.74) is 0.914. The molecule has 0 spiro atoms. The van der Waals surface area contributed by atoms with Gasteiger partial charge in [0.15, 0.2) is 6.29 Å². The molecule has 2 aliphatic rings. The van der Waals surface area contributed by atoms with E-state index in [9.17, 15) is 20.1 Å². The van der Waals surface area contributed by atoms with Gasteiger partial charge in [0.25, 0.3) is 0 Å². The third kappa shape index (κ3) is 10.6. The normalized spacial score (nSPS) is 36.4. The Balaban J connectivity index is 1.66. The summed E-state index contributed by atoms with van der Waals surface area (Å²) in [5.74, 6) is -1.62. The first-order valence-corrected chi connectivity index (χ1v) is 18.3. The zero-order valence-corrected chi connectivity index (χ0v) is 31.3. The van der Waals surface area contributed by atoms with E-state index in [0.29, 0.717) is 25.8 Å². The van der Waals surface area contributed by atoms with Crippen molar-refractivity contribution in [2.45, 2.75) is 115 Å². The standard InChI is InChI=1S/C38H58BrN3O6/c1-24-21-38(5,46)35(48-37-34(44)32(41(6)7)19-25(2)47-37)26(3)33(43)27(4)36(45)40-31(20-28-11-9-8-10-12-28)17-18-42(22-24)23-29-13-15-30(39)16-14-29/h8-16,24-27,31-35,37,43-44,46H,17-23H2,1-7H3,(H,40,45)/t24-,25?,26+,27?,31?,32+,33+,34-,35-,37?,38-/m1/s1. The molecule has 4 rings (SSSR count). The number of hydrogen-bond donors (Lipinski definition) is 4. The number of nitrogens with zero attached hydrogens (tertiary/aromatic N) is 2. The maximum absolute atomic E-state index is 13.8. The van der Waals surface area contributed by atoms with E-state index in [4.69, 9.17) is 9.47 Å². The van der Waals surface area contributed by atoms with Gasteiger partial charge in [-0.1, -0.05) is 79.2 Å². The van der Waals surface area contributed by atoms with Crippen LogP contribution in [-0.4, -0.2) is 107 Å². The second kappa shape index (κ2) is 17.4. The second-order valence-electron chi connectivity index (χ2n) is 15.0. The van der Waals surface area contributed by atoms with E-state index in [1.54, 1.807) is 13.8 Å². The number of aliphatic hydroxyl groups is 3. The first kappa shape index (κ1) is 38.9. The summed E-state index contributed by atoms with van der Waals surface area (Å²) in [6.45, 7) is 11.5. The molecule has 2 saturated heterocycles. The Kier molecular flexibility index (Phi) is 14.1. The van der Waals surface area contributed by atoms with E-state index in [-0.39, 0.29) is 30.0 Å². The Morgan fingerprint density at radius 3 is 2.33 bits per heavy atom. The summed E-state index contributed by atoms with van der Waals surface area (Å²) in [4.78, 5) is 18.2. The van der Waals surface area contributed by atoms with Crippen molar-refractivity contribution < 1.29 is 29.6 Å². The zero-order chi connectivity index (χ0) is 35.2. The highest BCUT2D eigenvalue weighted by molar-refractivity contribution is 9.10. The van der Waals surface area contributed by atoms with E-state index in [2.05, 4.69) is 57.3 Å². The number of halogens is 1. The van der Waals surface area contributed by atoms with E-state index in [0.717, 1.165) is 29.5 Å². The molecule has 2 heterocycles. The summed E-state index contributed by atoms with van der Waals surface area (Å²) >= 11 is 3.54. The monoisotopic (exact) mass is 731 g/mol. The lowest BCUT2D eigenvalue weighted by atomic mass is 9.77. The van der Waals surface area contributed by atoms with Gasteiger partial charge in [0, 0.05) is 42.1 Å². The average Bonchev–Trinajstić information content (AvgIpc) is 3.03. The van der Waals surface area contributed by atoms with Gasteiger partial charge in [0.1, 0.15) is 6.10 Å². The first-order chi connectivity index (χ1) is 22.6. The number of rotatable bonds is 7. The highest BCUT2D eigenvalue weighted by Crippen LogP contribution is 2.35. The van der Waals surface area contributed by atoms with Crippen LogP contribution < -0.4 is 5.32 Å². The molecule has 0 aliphatic carbocycles. The highest BCUT2D eigenvalue weighted by Gasteiger charge is 2.47. The van der Waals surface area contributed by atoms with Crippen LogP contribution in [0.1, 0.15) is 65.0 Å². The third-order valence-electron chi connectivity index (χ3n) is 10.2. The summed E-state index contributed by atoms with van der Waals surface area (Å²) in [6, 6.07) is 18.2. The predicted octanol–water partition coefficient (Wildman–Crippen LogP) is 4.60. The number of hydrogen-bond acceptors (Lipinski definition) is 8. The molecule has 11 atom stereocenters. The molecule has 2 aromatic rings. The fourth-order valence-corrected chi connectivity index (χ4v) is 7.89. The van der Waals surface area contributed by atoms with Crippen LogP contribution in [0.25, 0.3) is 0 Å². The van der Waals surface area contributed by atoms with Gasteiger partial charge in [-0.15, -0.1) is 0 Å². The van der Waals surface area contributed by atoms with Crippen molar-refractivity contribution in [1.29, 1.82) is 0 Å². The van der Waals surface area contributed by atoms with Crippen LogP contribution in [-0.2, 0) is 27.2 Å². The molecule has 4 N–H and O–H groups in total. The lowest BCUT2D eigenvalue weighted by Gasteiger charge is -2.47. The SMILES string of the molecule is CC1C[C@H](N(C)C)[C@@H](O)C(O[C@@H]2[C@@H](C)[C@H](O)C(C)C(=O)NC(Cc3ccccc3)CCN(Cc3ccc(Br)cc3)C[C@H](C)C[C@@]2(C)O)O1. The Hall–Kier alpha value is -1.89. The fourth-order valence-electron chi connectivity index (χ4n) is 7.63. The first-order valence-electron chi connectivity index (χ1n) is 17.5. The summed E-state index contributed by atoms with van der Waals surface area (Å²) in [5, 5.41) is 38.5. The predicted molar refractivity (Wildman–Crippen MR) is 192 cm³/mol. The summed E-state index contributed by atoms with van der Waals surface area (Å²) < 4.78 is 13.7. The van der Waals surface area contributed by atoms with Crippen LogP contribution in [0, 0.1) is 17.8 Å². The fraction of sp³-hybridized carbons (Fsp3) is 0.658. The molecule has 4 unspecified atom stereocenters. The largest absolute Gasteiger partial charge is 0.392 e. The van der Waals surface area contributed by atoms with Gasteiger partial charge in [-0.3, -0.25) is 9.69 Å². The number of carbonyl (C=O) groups is 1. The number of benzene rings is 2. The van der Waals surface area contributed by atoms with E-state index in [1.807, 2.05) is 63.2 Å². The zero-order valence-electron chi connectivity index (χ0n) is 29.8. The molecule has 2 aliphatic heterocycles. The quantitative estimate of drug-likeness (QED) is 0.327. The van der Waals surface area contributed by atoms with Crippen LogP contribution in [0.2, 0.25) is 0 Å². The molecule has 0 aromatic heterocycles. The van der Waals surface area contributed by atoms with Crippen LogP contribution in [0.4, 0.5) is 0 Å². The van der Waals surface area contributed by atoms with Gasteiger partial charge in [-0.2, -0.15) is 0 Å². The van der Waals surface area contributed by atoms with Crippen molar-refractivity contribution in [3.63, 3.8) is 0 Å². The van der Waals surface area contributed by atoms with Crippen LogP contribution in [0.3, 0.4) is 0 Å². The second-order valence-corrected chi connectivity index (χ2v) is 15.9. The smallest absolute Gasteiger partial charge is 0.225 e. The summed E-state index contributed by atoms with van der Waals surface area (Å²) in [7, 11) is 3.83. The number of ether oxygens (including phenoxy) is 2. The van der Waals surface area contributed by atoms with Crippen molar-refractivity contribution in [1.82, 2.24) is 15.1 Å². The Morgan fingerprint density at radius 2 is 1.69 bits per heavy atom. The number of nitrogens with one attached hydrogen (secondary N) is 1.